The normalized spacial score (nSPS) is 18.0. The van der Waals surface area contributed by atoms with E-state index in [1.54, 1.807) is 11.3 Å². The number of para-hydroxylation sites is 1. The molecule has 1 saturated heterocycles. The maximum Gasteiger partial charge on any atom is 0.228 e. The van der Waals surface area contributed by atoms with Gasteiger partial charge in [0.1, 0.15) is 5.60 Å². The number of aromatic nitrogens is 3. The number of rotatable bonds is 3. The zero-order valence-electron chi connectivity index (χ0n) is 16.5. The summed E-state index contributed by atoms with van der Waals surface area (Å²) in [6.45, 7) is 4.06. The molecular formula is C22H24N4O2S. The molecule has 0 atom stereocenters. The van der Waals surface area contributed by atoms with Gasteiger partial charge < -0.3 is 9.64 Å². The first-order valence-electron chi connectivity index (χ1n) is 10.1. The molecule has 29 heavy (non-hydrogen) atoms. The minimum absolute atomic E-state index is 0.149. The van der Waals surface area contributed by atoms with Crippen molar-refractivity contribution < 1.29 is 9.53 Å². The summed E-state index contributed by atoms with van der Waals surface area (Å²) in [6, 6.07) is 10.2. The van der Waals surface area contributed by atoms with Crippen LogP contribution in [0.2, 0.25) is 0 Å². The average Bonchev–Trinajstić information content (AvgIpc) is 3.36. The molecule has 2 aromatic heterocycles. The van der Waals surface area contributed by atoms with Gasteiger partial charge in [0.15, 0.2) is 0 Å². The van der Waals surface area contributed by atoms with Crippen LogP contribution in [-0.2, 0) is 28.0 Å². The topological polar surface area (TPSA) is 60.3 Å². The molecule has 6 nitrogen and oxygen atoms in total. The lowest BCUT2D eigenvalue weighted by Crippen LogP contribution is -2.48. The van der Waals surface area contributed by atoms with Crippen molar-refractivity contribution in [1.82, 2.24) is 19.7 Å². The SMILES string of the molecule is Cc1nc(CC(=O)N2CCC3(CC2)OCCc2cn(-c4ccccc4)nc23)cs1. The molecule has 1 amide bonds. The van der Waals surface area contributed by atoms with Crippen molar-refractivity contribution >= 4 is 17.2 Å². The van der Waals surface area contributed by atoms with E-state index in [2.05, 4.69) is 23.3 Å². The van der Waals surface area contributed by atoms with Gasteiger partial charge in [-0.1, -0.05) is 18.2 Å². The first-order chi connectivity index (χ1) is 14.1. The van der Waals surface area contributed by atoms with Crippen molar-refractivity contribution in [1.29, 1.82) is 0 Å². The van der Waals surface area contributed by atoms with E-state index in [9.17, 15) is 4.79 Å². The summed E-state index contributed by atoms with van der Waals surface area (Å²) in [4.78, 5) is 19.1. The molecule has 2 aliphatic rings. The van der Waals surface area contributed by atoms with Gasteiger partial charge in [0, 0.05) is 24.7 Å². The second-order valence-corrected chi connectivity index (χ2v) is 8.85. The van der Waals surface area contributed by atoms with Gasteiger partial charge in [0.25, 0.3) is 0 Å². The highest BCUT2D eigenvalue weighted by Crippen LogP contribution is 2.41. The Kier molecular flexibility index (Phi) is 4.72. The summed E-state index contributed by atoms with van der Waals surface area (Å²) >= 11 is 1.59. The maximum atomic E-state index is 12.7. The van der Waals surface area contributed by atoms with Gasteiger partial charge >= 0.3 is 0 Å². The molecular weight excluding hydrogens is 384 g/mol. The van der Waals surface area contributed by atoms with Gasteiger partial charge in [0.05, 0.1) is 35.1 Å². The van der Waals surface area contributed by atoms with Crippen molar-refractivity contribution in [3.8, 4) is 5.69 Å². The Morgan fingerprint density at radius 3 is 2.76 bits per heavy atom. The predicted octanol–water partition coefficient (Wildman–Crippen LogP) is 3.27. The molecule has 150 valence electrons. The average molecular weight is 409 g/mol. The summed E-state index contributed by atoms with van der Waals surface area (Å²) in [5, 5.41) is 7.90. The van der Waals surface area contributed by atoms with Crippen molar-refractivity contribution in [3.63, 3.8) is 0 Å². The summed E-state index contributed by atoms with van der Waals surface area (Å²) in [5.74, 6) is 0.149. The molecule has 0 radical (unpaired) electrons. The fraction of sp³-hybridized carbons (Fsp3) is 0.409. The lowest BCUT2D eigenvalue weighted by atomic mass is 9.83. The Morgan fingerprint density at radius 2 is 2.03 bits per heavy atom. The zero-order chi connectivity index (χ0) is 19.8. The Hall–Kier alpha value is -2.51. The van der Waals surface area contributed by atoms with E-state index in [1.165, 1.54) is 5.56 Å². The third-order valence-corrected chi connectivity index (χ3v) is 6.74. The number of aryl methyl sites for hydroxylation is 1. The second-order valence-electron chi connectivity index (χ2n) is 7.79. The molecule has 0 unspecified atom stereocenters. The van der Waals surface area contributed by atoms with Gasteiger partial charge in [0.2, 0.25) is 5.91 Å². The molecule has 7 heteroatoms. The molecule has 5 rings (SSSR count). The highest BCUT2D eigenvalue weighted by molar-refractivity contribution is 7.09. The fourth-order valence-corrected chi connectivity index (χ4v) is 4.98. The second kappa shape index (κ2) is 7.39. The van der Waals surface area contributed by atoms with Crippen LogP contribution in [-0.4, -0.2) is 45.3 Å². The van der Waals surface area contributed by atoms with Crippen molar-refractivity contribution in [2.24, 2.45) is 0 Å². The third kappa shape index (κ3) is 3.49. The molecule has 0 N–H and O–H groups in total. The van der Waals surface area contributed by atoms with Crippen LogP contribution in [0.25, 0.3) is 5.69 Å². The summed E-state index contributed by atoms with van der Waals surface area (Å²) in [6.07, 6.45) is 4.97. The van der Waals surface area contributed by atoms with E-state index in [0.29, 0.717) is 26.1 Å². The molecule has 1 aromatic carbocycles. The molecule has 3 aromatic rings. The molecule has 0 aliphatic carbocycles. The summed E-state index contributed by atoms with van der Waals surface area (Å²) in [7, 11) is 0. The van der Waals surface area contributed by atoms with Crippen LogP contribution < -0.4 is 0 Å². The Labute approximate surface area is 174 Å². The fourth-order valence-electron chi connectivity index (χ4n) is 4.37. The Balaban J connectivity index is 1.32. The molecule has 0 bridgehead atoms. The number of benzene rings is 1. The van der Waals surface area contributed by atoms with Gasteiger partial charge in [-0.2, -0.15) is 5.10 Å². The monoisotopic (exact) mass is 408 g/mol. The molecule has 1 spiro atoms. The van der Waals surface area contributed by atoms with Crippen LogP contribution in [0.5, 0.6) is 0 Å². The number of carbonyl (C=O) groups is 1. The smallest absolute Gasteiger partial charge is 0.228 e. The first-order valence-corrected chi connectivity index (χ1v) is 11.0. The van der Waals surface area contributed by atoms with Crippen LogP contribution >= 0.6 is 11.3 Å². The number of hydrogen-bond acceptors (Lipinski definition) is 5. The maximum absolute atomic E-state index is 12.7. The van der Waals surface area contributed by atoms with E-state index in [-0.39, 0.29) is 11.5 Å². The van der Waals surface area contributed by atoms with Crippen LogP contribution in [0.4, 0.5) is 0 Å². The largest absolute Gasteiger partial charge is 0.368 e. The van der Waals surface area contributed by atoms with E-state index in [1.807, 2.05) is 40.1 Å². The lowest BCUT2D eigenvalue weighted by molar-refractivity contribution is -0.140. The molecule has 4 heterocycles. The number of piperidine rings is 1. The van der Waals surface area contributed by atoms with Gasteiger partial charge in [-0.05, 0) is 43.9 Å². The van der Waals surface area contributed by atoms with Crippen LogP contribution in [0.1, 0.15) is 34.8 Å². The zero-order valence-corrected chi connectivity index (χ0v) is 17.3. The highest BCUT2D eigenvalue weighted by atomic mass is 32.1. The number of carbonyl (C=O) groups excluding carboxylic acids is 1. The summed E-state index contributed by atoms with van der Waals surface area (Å²) in [5.41, 5.74) is 3.87. The standard InChI is InChI=1S/C22H24N4O2S/c1-16-23-18(15-29-16)13-20(27)25-10-8-22(9-11-25)21-17(7-12-28-22)14-26(24-21)19-5-3-2-4-6-19/h2-6,14-15H,7-13H2,1H3. The number of ether oxygens (including phenoxy) is 1. The number of nitrogens with zero attached hydrogens (tertiary/aromatic N) is 4. The number of likely N-dealkylation sites (tertiary alicyclic amines) is 1. The van der Waals surface area contributed by atoms with Crippen molar-refractivity contribution in [2.75, 3.05) is 19.7 Å². The van der Waals surface area contributed by atoms with Crippen molar-refractivity contribution in [3.05, 3.63) is 63.9 Å². The van der Waals surface area contributed by atoms with E-state index >= 15 is 0 Å². The van der Waals surface area contributed by atoms with E-state index in [4.69, 9.17) is 9.84 Å². The molecule has 1 fully saturated rings. The number of thiazole rings is 1. The minimum atomic E-state index is -0.373. The van der Waals surface area contributed by atoms with Crippen LogP contribution in [0.15, 0.2) is 41.9 Å². The van der Waals surface area contributed by atoms with Gasteiger partial charge in [-0.15, -0.1) is 11.3 Å². The lowest BCUT2D eigenvalue weighted by Gasteiger charge is -2.43. The first kappa shape index (κ1) is 18.5. The van der Waals surface area contributed by atoms with E-state index in [0.717, 1.165) is 41.3 Å². The number of amides is 1. The van der Waals surface area contributed by atoms with Gasteiger partial charge in [-0.3, -0.25) is 4.79 Å². The number of fused-ring (bicyclic) bond motifs is 2. The van der Waals surface area contributed by atoms with Crippen LogP contribution in [0, 0.1) is 6.92 Å². The molecule has 0 saturated carbocycles. The highest BCUT2D eigenvalue weighted by Gasteiger charge is 2.44. The Morgan fingerprint density at radius 1 is 1.24 bits per heavy atom. The number of hydrogen-bond donors (Lipinski definition) is 0. The van der Waals surface area contributed by atoms with Crippen molar-refractivity contribution in [2.45, 2.75) is 38.2 Å². The van der Waals surface area contributed by atoms with E-state index < -0.39 is 0 Å². The Bertz CT molecular complexity index is 1020. The van der Waals surface area contributed by atoms with Gasteiger partial charge in [-0.25, -0.2) is 9.67 Å². The van der Waals surface area contributed by atoms with Crippen LogP contribution in [0.3, 0.4) is 0 Å². The molecule has 2 aliphatic heterocycles. The third-order valence-electron chi connectivity index (χ3n) is 5.91. The minimum Gasteiger partial charge on any atom is -0.368 e. The predicted molar refractivity (Wildman–Crippen MR) is 111 cm³/mol. The summed E-state index contributed by atoms with van der Waals surface area (Å²) < 4.78 is 8.27. The quantitative estimate of drug-likeness (QED) is 0.667.